The quantitative estimate of drug-likeness (QED) is 0.663. The van der Waals surface area contributed by atoms with Gasteiger partial charge in [-0.1, -0.05) is 40.8 Å². The lowest BCUT2D eigenvalue weighted by atomic mass is 10.1. The van der Waals surface area contributed by atoms with E-state index in [1.165, 1.54) is 11.3 Å². The van der Waals surface area contributed by atoms with E-state index in [0.717, 1.165) is 11.1 Å². The second-order valence-electron chi connectivity index (χ2n) is 5.49. The molecule has 130 valence electrons. The molecule has 0 saturated carbocycles. The van der Waals surface area contributed by atoms with Gasteiger partial charge in [-0.25, -0.2) is 0 Å². The van der Waals surface area contributed by atoms with Crippen molar-refractivity contribution >= 4 is 22.4 Å². The standard InChI is InChI=1S/C16H18N6O2S/c1-10-5-2-3-6-11(10)15-19-13(24-22-15)8-4-7-12(23)18-9-14-20-21-16(17)25-14/h2-3,5-6H,4,7-9H2,1H3,(H2,17,21)(H,18,23). The lowest BCUT2D eigenvalue weighted by molar-refractivity contribution is -0.121. The first-order valence-electron chi connectivity index (χ1n) is 7.85. The molecule has 0 atom stereocenters. The molecule has 2 aromatic heterocycles. The number of hydrogen-bond donors (Lipinski definition) is 2. The van der Waals surface area contributed by atoms with Crippen molar-refractivity contribution in [3.05, 3.63) is 40.7 Å². The number of anilines is 1. The number of nitrogens with one attached hydrogen (secondary N) is 1. The molecule has 9 heteroatoms. The molecule has 0 aliphatic heterocycles. The minimum Gasteiger partial charge on any atom is -0.374 e. The van der Waals surface area contributed by atoms with Crippen LogP contribution in [0, 0.1) is 6.92 Å². The van der Waals surface area contributed by atoms with Crippen molar-refractivity contribution in [2.45, 2.75) is 32.7 Å². The third-order valence-electron chi connectivity index (χ3n) is 3.57. The van der Waals surface area contributed by atoms with Gasteiger partial charge in [-0.05, 0) is 18.9 Å². The maximum atomic E-state index is 11.8. The number of carbonyl (C=O) groups is 1. The van der Waals surface area contributed by atoms with Gasteiger partial charge in [0, 0.05) is 18.4 Å². The van der Waals surface area contributed by atoms with Gasteiger partial charge in [-0.2, -0.15) is 4.98 Å². The van der Waals surface area contributed by atoms with Gasteiger partial charge in [0.2, 0.25) is 22.8 Å². The SMILES string of the molecule is Cc1ccccc1-c1noc(CCCC(=O)NCc2nnc(N)s2)n1. The zero-order chi connectivity index (χ0) is 17.6. The Bertz CT molecular complexity index is 860. The van der Waals surface area contributed by atoms with Gasteiger partial charge < -0.3 is 15.6 Å². The van der Waals surface area contributed by atoms with E-state index in [1.807, 2.05) is 31.2 Å². The summed E-state index contributed by atoms with van der Waals surface area (Å²) in [5, 5.41) is 15.4. The zero-order valence-electron chi connectivity index (χ0n) is 13.7. The van der Waals surface area contributed by atoms with Crippen LogP contribution in [0.4, 0.5) is 5.13 Å². The van der Waals surface area contributed by atoms with Gasteiger partial charge in [-0.15, -0.1) is 10.2 Å². The first-order valence-corrected chi connectivity index (χ1v) is 8.66. The van der Waals surface area contributed by atoms with Crippen molar-refractivity contribution < 1.29 is 9.32 Å². The highest BCUT2D eigenvalue weighted by atomic mass is 32.1. The molecule has 0 aliphatic carbocycles. The summed E-state index contributed by atoms with van der Waals surface area (Å²) in [6.45, 7) is 2.34. The Hall–Kier alpha value is -2.81. The molecule has 0 radical (unpaired) electrons. The highest BCUT2D eigenvalue weighted by Gasteiger charge is 2.11. The molecule has 1 aromatic carbocycles. The van der Waals surface area contributed by atoms with E-state index in [9.17, 15) is 4.79 Å². The summed E-state index contributed by atoms with van der Waals surface area (Å²) < 4.78 is 5.26. The fourth-order valence-corrected chi connectivity index (χ4v) is 2.84. The summed E-state index contributed by atoms with van der Waals surface area (Å²) >= 11 is 1.26. The molecule has 0 unspecified atom stereocenters. The van der Waals surface area contributed by atoms with E-state index in [4.69, 9.17) is 10.3 Å². The van der Waals surface area contributed by atoms with Crippen LogP contribution in [0.25, 0.3) is 11.4 Å². The molecule has 1 amide bonds. The van der Waals surface area contributed by atoms with Crippen molar-refractivity contribution in [3.63, 3.8) is 0 Å². The van der Waals surface area contributed by atoms with E-state index in [0.29, 0.717) is 47.7 Å². The second kappa shape index (κ2) is 7.84. The highest BCUT2D eigenvalue weighted by Crippen LogP contribution is 2.20. The lowest BCUT2D eigenvalue weighted by Crippen LogP contribution is -2.22. The summed E-state index contributed by atoms with van der Waals surface area (Å²) in [6, 6.07) is 7.86. The molecule has 8 nitrogen and oxygen atoms in total. The maximum absolute atomic E-state index is 11.8. The molecule has 0 aliphatic rings. The molecule has 3 N–H and O–H groups in total. The number of aryl methyl sites for hydroxylation is 2. The van der Waals surface area contributed by atoms with Crippen molar-refractivity contribution in [3.8, 4) is 11.4 Å². The Morgan fingerprint density at radius 3 is 2.92 bits per heavy atom. The average Bonchev–Trinajstić information content (AvgIpc) is 3.22. The van der Waals surface area contributed by atoms with Crippen LogP contribution in [0.15, 0.2) is 28.8 Å². The van der Waals surface area contributed by atoms with Gasteiger partial charge in [0.05, 0.1) is 6.54 Å². The second-order valence-corrected chi connectivity index (χ2v) is 6.58. The molecule has 3 aromatic rings. The Morgan fingerprint density at radius 1 is 1.32 bits per heavy atom. The largest absolute Gasteiger partial charge is 0.374 e. The van der Waals surface area contributed by atoms with Crippen LogP contribution in [0.1, 0.15) is 29.3 Å². The predicted octanol–water partition coefficient (Wildman–Crippen LogP) is 2.12. The van der Waals surface area contributed by atoms with Crippen LogP contribution < -0.4 is 11.1 Å². The minimum atomic E-state index is -0.0626. The molecular formula is C16H18N6O2S. The fraction of sp³-hybridized carbons (Fsp3) is 0.312. The van der Waals surface area contributed by atoms with Gasteiger partial charge >= 0.3 is 0 Å². The topological polar surface area (TPSA) is 120 Å². The van der Waals surface area contributed by atoms with E-state index < -0.39 is 0 Å². The number of nitrogens with two attached hydrogens (primary N) is 1. The van der Waals surface area contributed by atoms with Crippen LogP contribution in [0.3, 0.4) is 0 Å². The first-order chi connectivity index (χ1) is 12.1. The van der Waals surface area contributed by atoms with Crippen LogP contribution >= 0.6 is 11.3 Å². The number of carbonyl (C=O) groups excluding carboxylic acids is 1. The molecular weight excluding hydrogens is 340 g/mol. The van der Waals surface area contributed by atoms with Crippen molar-refractivity contribution in [1.82, 2.24) is 25.7 Å². The number of amides is 1. The number of aromatic nitrogens is 4. The smallest absolute Gasteiger partial charge is 0.226 e. The predicted molar refractivity (Wildman–Crippen MR) is 93.6 cm³/mol. The van der Waals surface area contributed by atoms with E-state index in [1.54, 1.807) is 0 Å². The maximum Gasteiger partial charge on any atom is 0.226 e. The summed E-state index contributed by atoms with van der Waals surface area (Å²) in [4.78, 5) is 16.2. The summed E-state index contributed by atoms with van der Waals surface area (Å²) in [5.41, 5.74) is 7.53. The number of hydrogen-bond acceptors (Lipinski definition) is 8. The monoisotopic (exact) mass is 358 g/mol. The number of nitrogen functional groups attached to an aromatic ring is 1. The van der Waals surface area contributed by atoms with Gasteiger partial charge in [0.15, 0.2) is 0 Å². The van der Waals surface area contributed by atoms with Crippen molar-refractivity contribution in [2.24, 2.45) is 0 Å². The third-order valence-corrected chi connectivity index (χ3v) is 4.32. The highest BCUT2D eigenvalue weighted by molar-refractivity contribution is 7.15. The Kier molecular flexibility index (Phi) is 5.34. The normalized spacial score (nSPS) is 10.8. The third kappa shape index (κ3) is 4.60. The van der Waals surface area contributed by atoms with Crippen LogP contribution in [0.5, 0.6) is 0 Å². The van der Waals surface area contributed by atoms with Crippen LogP contribution in [-0.4, -0.2) is 26.2 Å². The fourth-order valence-electron chi connectivity index (χ4n) is 2.29. The lowest BCUT2D eigenvalue weighted by Gasteiger charge is -2.01. The molecule has 0 fully saturated rings. The molecule has 2 heterocycles. The summed E-state index contributed by atoms with van der Waals surface area (Å²) in [5.74, 6) is 1.04. The molecule has 3 rings (SSSR count). The average molecular weight is 358 g/mol. The zero-order valence-corrected chi connectivity index (χ0v) is 14.5. The molecule has 0 spiro atoms. The first kappa shape index (κ1) is 17.0. The number of benzene rings is 1. The van der Waals surface area contributed by atoms with Crippen molar-refractivity contribution in [2.75, 3.05) is 5.73 Å². The van der Waals surface area contributed by atoms with Gasteiger partial charge in [0.25, 0.3) is 0 Å². The van der Waals surface area contributed by atoms with Gasteiger partial charge in [-0.3, -0.25) is 4.79 Å². The van der Waals surface area contributed by atoms with E-state index >= 15 is 0 Å². The Morgan fingerprint density at radius 2 is 2.16 bits per heavy atom. The van der Waals surface area contributed by atoms with Crippen LogP contribution in [0.2, 0.25) is 0 Å². The Balaban J connectivity index is 1.45. The number of nitrogens with zero attached hydrogens (tertiary/aromatic N) is 4. The molecule has 0 bridgehead atoms. The molecule has 25 heavy (non-hydrogen) atoms. The Labute approximate surface area is 148 Å². The minimum absolute atomic E-state index is 0.0626. The summed E-state index contributed by atoms with van der Waals surface area (Å²) in [6.07, 6.45) is 1.55. The molecule has 0 saturated heterocycles. The van der Waals surface area contributed by atoms with Crippen LogP contribution in [-0.2, 0) is 17.8 Å². The van der Waals surface area contributed by atoms with E-state index in [2.05, 4.69) is 25.7 Å². The van der Waals surface area contributed by atoms with Gasteiger partial charge in [0.1, 0.15) is 5.01 Å². The van der Waals surface area contributed by atoms with E-state index in [-0.39, 0.29) is 5.91 Å². The summed E-state index contributed by atoms with van der Waals surface area (Å²) in [7, 11) is 0. The van der Waals surface area contributed by atoms with Crippen molar-refractivity contribution in [1.29, 1.82) is 0 Å². The number of rotatable bonds is 7.